The highest BCUT2D eigenvalue weighted by Gasteiger charge is 2.29. The maximum atomic E-state index is 7.52. The van der Waals surface area contributed by atoms with Crippen molar-refractivity contribution in [1.82, 2.24) is 0 Å². The summed E-state index contributed by atoms with van der Waals surface area (Å²) in [7, 11) is 1.75. The molecule has 0 spiro atoms. The van der Waals surface area contributed by atoms with Gasteiger partial charge in [0.15, 0.2) is 0 Å². The zero-order valence-corrected chi connectivity index (χ0v) is 23.3. The Labute approximate surface area is 232 Å². The van der Waals surface area contributed by atoms with E-state index >= 15 is 0 Å². The van der Waals surface area contributed by atoms with Crippen LogP contribution in [-0.4, -0.2) is 12.9 Å². The van der Waals surface area contributed by atoms with Gasteiger partial charge in [-0.1, -0.05) is 81.8 Å². The van der Waals surface area contributed by atoms with E-state index in [0.717, 1.165) is 52.3 Å². The fourth-order valence-electron chi connectivity index (χ4n) is 4.84. The summed E-state index contributed by atoms with van der Waals surface area (Å²) in [5.41, 5.74) is 11.6. The number of hydrogen-bond donors (Lipinski definition) is 2. The number of methoxy groups -OCH3 is 1. The van der Waals surface area contributed by atoms with Crippen molar-refractivity contribution in [2.45, 2.75) is 52.2 Å². The van der Waals surface area contributed by atoms with Crippen LogP contribution in [0.2, 0.25) is 0 Å². The van der Waals surface area contributed by atoms with Gasteiger partial charge in [-0.05, 0) is 59.5 Å². The minimum atomic E-state index is -0.214. The number of nitrogens with two attached hydrogens (primary N) is 1. The van der Waals surface area contributed by atoms with E-state index in [1.54, 1.807) is 19.2 Å². The second-order valence-corrected chi connectivity index (χ2v) is 10.2. The molecule has 5 heteroatoms. The Morgan fingerprint density at radius 2 is 1.49 bits per heavy atom. The molecule has 0 aliphatic carbocycles. The summed E-state index contributed by atoms with van der Waals surface area (Å²) in [6.45, 7) is 7.53. The molecule has 4 aromatic carbocycles. The predicted octanol–water partition coefficient (Wildman–Crippen LogP) is 7.42. The van der Waals surface area contributed by atoms with Gasteiger partial charge in [-0.25, -0.2) is 0 Å². The van der Waals surface area contributed by atoms with Gasteiger partial charge in [0, 0.05) is 22.1 Å². The zero-order valence-electron chi connectivity index (χ0n) is 23.3. The third-order valence-corrected chi connectivity index (χ3v) is 7.05. The molecule has 4 rings (SSSR count). The van der Waals surface area contributed by atoms with Gasteiger partial charge in [0.25, 0.3) is 0 Å². The topological polar surface area (TPSA) is 77.6 Å². The number of nitrogens with one attached hydrogen (secondary N) is 1. The fourth-order valence-corrected chi connectivity index (χ4v) is 4.84. The van der Waals surface area contributed by atoms with E-state index < -0.39 is 0 Å². The maximum Gasteiger partial charge on any atom is 0.129 e. The molecule has 0 aliphatic heterocycles. The molecule has 0 saturated carbocycles. The first-order valence-electron chi connectivity index (χ1n) is 13.4. The first-order valence-corrected chi connectivity index (χ1v) is 13.4. The summed E-state index contributed by atoms with van der Waals surface area (Å²) in [6.07, 6.45) is 1.86. The summed E-state index contributed by atoms with van der Waals surface area (Å²) < 4.78 is 18.4. The van der Waals surface area contributed by atoms with Gasteiger partial charge < -0.3 is 19.9 Å². The minimum Gasteiger partial charge on any atom is -0.496 e. The number of nitrogen functional groups attached to an aromatic ring is 1. The van der Waals surface area contributed by atoms with Crippen molar-refractivity contribution in [2.24, 2.45) is 5.73 Å². The molecule has 0 aliphatic rings. The van der Waals surface area contributed by atoms with E-state index in [9.17, 15) is 0 Å². The molecule has 0 unspecified atom stereocenters. The molecule has 0 atom stereocenters. The van der Waals surface area contributed by atoms with E-state index in [1.165, 1.54) is 5.56 Å². The highest BCUT2D eigenvalue weighted by molar-refractivity contribution is 5.94. The van der Waals surface area contributed by atoms with Gasteiger partial charge in [-0.2, -0.15) is 0 Å². The summed E-state index contributed by atoms with van der Waals surface area (Å²) in [6, 6.07) is 30.2. The highest BCUT2D eigenvalue weighted by Crippen LogP contribution is 2.42. The van der Waals surface area contributed by atoms with Crippen LogP contribution in [-0.2, 0) is 25.0 Å². The largest absolute Gasteiger partial charge is 0.496 e. The molecule has 0 bridgehead atoms. The molecule has 0 heterocycles. The first-order chi connectivity index (χ1) is 18.8. The van der Waals surface area contributed by atoms with Crippen LogP contribution in [0.3, 0.4) is 0 Å². The monoisotopic (exact) mass is 522 g/mol. The average Bonchev–Trinajstić information content (AvgIpc) is 2.96. The van der Waals surface area contributed by atoms with E-state index in [-0.39, 0.29) is 11.3 Å². The van der Waals surface area contributed by atoms with Crippen molar-refractivity contribution >= 4 is 5.84 Å². The lowest BCUT2D eigenvalue weighted by atomic mass is 9.76. The van der Waals surface area contributed by atoms with Crippen LogP contribution in [0.5, 0.6) is 17.2 Å². The second-order valence-electron chi connectivity index (χ2n) is 10.2. The Balaban J connectivity index is 1.50. The lowest BCUT2D eigenvalue weighted by Crippen LogP contribution is -2.20. The molecule has 39 heavy (non-hydrogen) atoms. The molecule has 5 nitrogen and oxygen atoms in total. The Morgan fingerprint density at radius 3 is 2.10 bits per heavy atom. The van der Waals surface area contributed by atoms with Gasteiger partial charge in [-0.15, -0.1) is 0 Å². The molecule has 3 N–H and O–H groups in total. The van der Waals surface area contributed by atoms with Crippen LogP contribution in [0.1, 0.15) is 60.6 Å². The Bertz CT molecular complexity index is 1400. The van der Waals surface area contributed by atoms with Gasteiger partial charge in [0.05, 0.1) is 7.11 Å². The van der Waals surface area contributed by atoms with Gasteiger partial charge in [0.2, 0.25) is 0 Å². The molecule has 0 saturated heterocycles. The van der Waals surface area contributed by atoms with Crippen molar-refractivity contribution in [2.75, 3.05) is 7.11 Å². The van der Waals surface area contributed by atoms with Crippen LogP contribution >= 0.6 is 0 Å². The summed E-state index contributed by atoms with van der Waals surface area (Å²) in [5.74, 6) is 2.54. The molecule has 0 radical (unpaired) electrons. The smallest absolute Gasteiger partial charge is 0.129 e. The molecule has 0 aromatic heterocycles. The number of hydrogen-bond acceptors (Lipinski definition) is 4. The number of rotatable bonds is 12. The predicted molar refractivity (Wildman–Crippen MR) is 158 cm³/mol. The number of benzene rings is 4. The highest BCUT2D eigenvalue weighted by atomic mass is 16.5. The molecule has 0 fully saturated rings. The van der Waals surface area contributed by atoms with Crippen LogP contribution in [0, 0.1) is 5.41 Å². The average molecular weight is 523 g/mol. The summed E-state index contributed by atoms with van der Waals surface area (Å²) in [4.78, 5) is 0. The standard InChI is InChI=1S/C34H38N2O3/c1-5-10-29-31(20-19-30(32(29)37-4)34(2,3)27-13-7-6-8-14-27)39-23-25-12-9-11-24(21-25)22-38-28-17-15-26(16-18-28)33(35)36/h6-9,11-21H,5,10,22-23H2,1-4H3,(H3,35,36). The van der Waals surface area contributed by atoms with Gasteiger partial charge >= 0.3 is 0 Å². The van der Waals surface area contributed by atoms with Crippen molar-refractivity contribution in [3.63, 3.8) is 0 Å². The number of amidine groups is 1. The quantitative estimate of drug-likeness (QED) is 0.150. The normalized spacial score (nSPS) is 11.2. The van der Waals surface area contributed by atoms with Gasteiger partial charge in [-0.3, -0.25) is 5.41 Å². The van der Waals surface area contributed by atoms with E-state index in [1.807, 2.05) is 30.3 Å². The fraction of sp³-hybridized carbons (Fsp3) is 0.265. The van der Waals surface area contributed by atoms with Crippen molar-refractivity contribution in [3.8, 4) is 17.2 Å². The molecule has 0 amide bonds. The molecular weight excluding hydrogens is 484 g/mol. The Hall–Kier alpha value is -4.25. The Morgan fingerprint density at radius 1 is 0.821 bits per heavy atom. The van der Waals surface area contributed by atoms with Crippen LogP contribution in [0.4, 0.5) is 0 Å². The van der Waals surface area contributed by atoms with Gasteiger partial charge in [0.1, 0.15) is 36.3 Å². The number of ether oxygens (including phenoxy) is 3. The minimum absolute atomic E-state index is 0.0449. The zero-order chi connectivity index (χ0) is 27.8. The van der Waals surface area contributed by atoms with Crippen molar-refractivity contribution < 1.29 is 14.2 Å². The lowest BCUT2D eigenvalue weighted by Gasteiger charge is -2.30. The summed E-state index contributed by atoms with van der Waals surface area (Å²) >= 11 is 0. The molecule has 202 valence electrons. The van der Waals surface area contributed by atoms with E-state index in [4.69, 9.17) is 25.4 Å². The maximum absolute atomic E-state index is 7.52. The summed E-state index contributed by atoms with van der Waals surface area (Å²) in [5, 5.41) is 7.52. The van der Waals surface area contributed by atoms with E-state index in [0.29, 0.717) is 18.8 Å². The third-order valence-electron chi connectivity index (χ3n) is 7.05. The van der Waals surface area contributed by atoms with Crippen LogP contribution < -0.4 is 19.9 Å². The van der Waals surface area contributed by atoms with Crippen LogP contribution in [0.25, 0.3) is 0 Å². The SMILES string of the molecule is CCCc1c(OCc2cccc(COc3ccc(C(=N)N)cc3)c2)ccc(C(C)(C)c2ccccc2)c1OC. The van der Waals surface area contributed by atoms with Crippen molar-refractivity contribution in [3.05, 3.63) is 124 Å². The first kappa shape index (κ1) is 27.8. The van der Waals surface area contributed by atoms with Crippen molar-refractivity contribution in [1.29, 1.82) is 5.41 Å². The molecule has 4 aromatic rings. The van der Waals surface area contributed by atoms with Crippen LogP contribution in [0.15, 0.2) is 91.0 Å². The van der Waals surface area contributed by atoms with E-state index in [2.05, 4.69) is 69.3 Å². The Kier molecular flexibility index (Phi) is 8.92. The second kappa shape index (κ2) is 12.5. The third kappa shape index (κ3) is 6.61. The molecular formula is C34H38N2O3. The lowest BCUT2D eigenvalue weighted by molar-refractivity contribution is 0.295.